The Morgan fingerprint density at radius 1 is 1.10 bits per heavy atom. The van der Waals surface area contributed by atoms with Gasteiger partial charge >= 0.3 is 0 Å². The zero-order valence-electron chi connectivity index (χ0n) is 26.9. The van der Waals surface area contributed by atoms with E-state index in [0.717, 1.165) is 38.5 Å². The van der Waals surface area contributed by atoms with E-state index in [0.29, 0.717) is 13.0 Å². The van der Waals surface area contributed by atoms with Crippen LogP contribution in [0.4, 0.5) is 0 Å². The van der Waals surface area contributed by atoms with Crippen LogP contribution >= 0.6 is 0 Å². The number of hydrogen-bond donors (Lipinski definition) is 4. The lowest BCUT2D eigenvalue weighted by Gasteiger charge is -2.48. The summed E-state index contributed by atoms with van der Waals surface area (Å²) < 4.78 is 17.9. The summed E-state index contributed by atoms with van der Waals surface area (Å²) in [7, 11) is 5.09. The number of rotatable bonds is 15. The molecule has 0 spiro atoms. The Labute approximate surface area is 253 Å². The summed E-state index contributed by atoms with van der Waals surface area (Å²) in [5, 5.41) is 14.5. The van der Waals surface area contributed by atoms with Crippen LogP contribution in [0.3, 0.4) is 0 Å². The Kier molecular flexibility index (Phi) is 16.1. The standard InChI is InChI=1S/C32H57N5O5/c1-21(2)10-8-11-22(3)12-9-13-23(4)16-17-36-20-28(38)37(6)29-27(40-7)18-26(34)31(30(29)39)42-32-25(33)15-14-24(41-32)19-35-5/h10,12,16-17,24-27,29-32,35,39H,8-9,11,13-15,18-20,33-34H2,1-7H3/b22-12+,23-16+,36-17?/t24?,25-,26?,27-,29?,30-,31-,32+/m0/s1. The van der Waals surface area contributed by atoms with Crippen molar-refractivity contribution in [2.24, 2.45) is 16.5 Å². The first-order chi connectivity index (χ1) is 20.0. The largest absolute Gasteiger partial charge is 0.388 e. The van der Waals surface area contributed by atoms with Gasteiger partial charge in [0.15, 0.2) is 6.29 Å². The molecule has 10 heteroatoms. The van der Waals surface area contributed by atoms with E-state index in [9.17, 15) is 9.90 Å². The molecule has 0 bridgehead atoms. The molecule has 1 saturated heterocycles. The van der Waals surface area contributed by atoms with Gasteiger partial charge in [0, 0.05) is 33.0 Å². The molecular weight excluding hydrogens is 534 g/mol. The fourth-order valence-corrected chi connectivity index (χ4v) is 5.55. The van der Waals surface area contributed by atoms with E-state index in [-0.39, 0.29) is 24.6 Å². The number of carbonyl (C=O) groups is 1. The van der Waals surface area contributed by atoms with Crippen LogP contribution in [0.5, 0.6) is 0 Å². The quantitative estimate of drug-likeness (QED) is 0.168. The Morgan fingerprint density at radius 3 is 2.45 bits per heavy atom. The van der Waals surface area contributed by atoms with E-state index in [4.69, 9.17) is 25.7 Å². The van der Waals surface area contributed by atoms with E-state index in [2.05, 4.69) is 50.2 Å². The first kappa shape index (κ1) is 36.3. The van der Waals surface area contributed by atoms with Crippen LogP contribution in [0.15, 0.2) is 39.9 Å². The molecule has 1 saturated carbocycles. The topological polar surface area (TPSA) is 145 Å². The number of ether oxygens (including phenoxy) is 3. The van der Waals surface area contributed by atoms with Crippen molar-refractivity contribution in [1.82, 2.24) is 10.2 Å². The van der Waals surface area contributed by atoms with Crippen LogP contribution in [0.25, 0.3) is 0 Å². The van der Waals surface area contributed by atoms with Crippen molar-refractivity contribution >= 4 is 12.1 Å². The van der Waals surface area contributed by atoms with Gasteiger partial charge in [0.1, 0.15) is 18.8 Å². The number of aliphatic hydroxyl groups excluding tert-OH is 1. The van der Waals surface area contributed by atoms with E-state index >= 15 is 0 Å². The van der Waals surface area contributed by atoms with Gasteiger partial charge in [-0.05, 0) is 85.8 Å². The van der Waals surface area contributed by atoms with Crippen molar-refractivity contribution < 1.29 is 24.1 Å². The number of nitrogens with two attached hydrogens (primary N) is 2. The predicted molar refractivity (Wildman–Crippen MR) is 169 cm³/mol. The number of likely N-dealkylation sites (N-methyl/N-ethyl adjacent to an activating group) is 2. The lowest BCUT2D eigenvalue weighted by Crippen LogP contribution is -2.66. The average molecular weight is 592 g/mol. The fourth-order valence-electron chi connectivity index (χ4n) is 5.55. The minimum Gasteiger partial charge on any atom is -0.388 e. The average Bonchev–Trinajstić information content (AvgIpc) is 2.94. The Morgan fingerprint density at radius 2 is 1.79 bits per heavy atom. The monoisotopic (exact) mass is 591 g/mol. The summed E-state index contributed by atoms with van der Waals surface area (Å²) in [6.45, 7) is 9.15. The molecule has 8 atom stereocenters. The van der Waals surface area contributed by atoms with Crippen LogP contribution in [0.1, 0.15) is 72.6 Å². The molecule has 6 N–H and O–H groups in total. The summed E-state index contributed by atoms with van der Waals surface area (Å²) in [6, 6.07) is -1.49. The van der Waals surface area contributed by atoms with Crippen molar-refractivity contribution in [3.05, 3.63) is 34.9 Å². The van der Waals surface area contributed by atoms with Gasteiger partial charge in [-0.25, -0.2) is 0 Å². The fraction of sp³-hybridized carbons (Fsp3) is 0.750. The highest BCUT2D eigenvalue weighted by Crippen LogP contribution is 2.30. The van der Waals surface area contributed by atoms with Gasteiger partial charge in [0.05, 0.1) is 24.3 Å². The Hall–Kier alpha value is -1.92. The molecule has 2 rings (SSSR count). The maximum absolute atomic E-state index is 13.1. The third kappa shape index (κ3) is 11.6. The highest BCUT2D eigenvalue weighted by Gasteiger charge is 2.48. The zero-order valence-corrected chi connectivity index (χ0v) is 26.9. The molecule has 2 aliphatic rings. The third-order valence-corrected chi connectivity index (χ3v) is 8.17. The molecule has 0 aromatic carbocycles. The molecule has 1 aliphatic carbocycles. The molecule has 42 heavy (non-hydrogen) atoms. The van der Waals surface area contributed by atoms with Crippen LogP contribution in [0, 0.1) is 0 Å². The second kappa shape index (κ2) is 18.7. The molecule has 1 aliphatic heterocycles. The molecule has 1 heterocycles. The maximum Gasteiger partial charge on any atom is 0.244 e. The smallest absolute Gasteiger partial charge is 0.244 e. The zero-order chi connectivity index (χ0) is 31.2. The van der Waals surface area contributed by atoms with Gasteiger partial charge < -0.3 is 41.0 Å². The van der Waals surface area contributed by atoms with Crippen LogP contribution in [0.2, 0.25) is 0 Å². The summed E-state index contributed by atoms with van der Waals surface area (Å²) in [4.78, 5) is 18.9. The summed E-state index contributed by atoms with van der Waals surface area (Å²) in [5.74, 6) is -0.229. The van der Waals surface area contributed by atoms with E-state index in [1.807, 2.05) is 13.1 Å². The lowest BCUT2D eigenvalue weighted by molar-refractivity contribution is -0.254. The van der Waals surface area contributed by atoms with Gasteiger partial charge in [-0.15, -0.1) is 0 Å². The van der Waals surface area contributed by atoms with Gasteiger partial charge in [-0.2, -0.15) is 0 Å². The molecule has 3 unspecified atom stereocenters. The molecule has 240 valence electrons. The summed E-state index contributed by atoms with van der Waals surface area (Å²) >= 11 is 0. The van der Waals surface area contributed by atoms with E-state index in [1.54, 1.807) is 20.4 Å². The molecule has 1 amide bonds. The number of methoxy groups -OCH3 is 1. The number of aliphatic hydroxyl groups is 1. The third-order valence-electron chi connectivity index (χ3n) is 8.17. The maximum atomic E-state index is 13.1. The minimum absolute atomic E-state index is 0.0303. The molecule has 2 fully saturated rings. The predicted octanol–water partition coefficient (Wildman–Crippen LogP) is 2.85. The van der Waals surface area contributed by atoms with Crippen molar-refractivity contribution in [3.8, 4) is 0 Å². The highest BCUT2D eigenvalue weighted by atomic mass is 16.7. The van der Waals surface area contributed by atoms with Crippen LogP contribution in [-0.2, 0) is 19.0 Å². The number of aliphatic imine (C=N–C) groups is 1. The normalized spacial score (nSPS) is 30.9. The number of nitrogens with zero attached hydrogens (tertiary/aromatic N) is 2. The Bertz CT molecular complexity index is 948. The molecule has 0 aromatic heterocycles. The molecule has 0 aromatic rings. The first-order valence-corrected chi connectivity index (χ1v) is 15.4. The van der Waals surface area contributed by atoms with E-state index < -0.39 is 36.7 Å². The van der Waals surface area contributed by atoms with E-state index in [1.165, 1.54) is 21.6 Å². The molecule has 10 nitrogen and oxygen atoms in total. The van der Waals surface area contributed by atoms with Crippen molar-refractivity contribution in [1.29, 1.82) is 0 Å². The van der Waals surface area contributed by atoms with Gasteiger partial charge in [0.25, 0.3) is 0 Å². The highest BCUT2D eigenvalue weighted by molar-refractivity contribution is 5.81. The summed E-state index contributed by atoms with van der Waals surface area (Å²) in [5.41, 5.74) is 16.7. The van der Waals surface area contributed by atoms with Crippen molar-refractivity contribution in [2.75, 3.05) is 34.3 Å². The number of nitrogens with one attached hydrogen (secondary N) is 1. The number of allylic oxidation sites excluding steroid dienone is 6. The lowest BCUT2D eigenvalue weighted by atomic mass is 9.83. The Balaban J connectivity index is 1.94. The molecular formula is C32H57N5O5. The number of hydrogen-bond acceptors (Lipinski definition) is 9. The second-order valence-corrected chi connectivity index (χ2v) is 12.1. The molecule has 0 radical (unpaired) electrons. The first-order valence-electron chi connectivity index (χ1n) is 15.4. The van der Waals surface area contributed by atoms with Crippen molar-refractivity contribution in [2.45, 2.75) is 121 Å². The summed E-state index contributed by atoms with van der Waals surface area (Å²) in [6.07, 6.45) is 11.3. The van der Waals surface area contributed by atoms with Crippen LogP contribution in [-0.4, -0.2) is 105 Å². The van der Waals surface area contributed by atoms with Crippen LogP contribution < -0.4 is 16.8 Å². The van der Waals surface area contributed by atoms with Crippen molar-refractivity contribution in [3.63, 3.8) is 0 Å². The number of amides is 1. The second-order valence-electron chi connectivity index (χ2n) is 12.1. The number of carbonyl (C=O) groups excluding carboxylic acids is 1. The minimum atomic E-state index is -1.09. The van der Waals surface area contributed by atoms with Gasteiger partial charge in [-0.1, -0.05) is 28.9 Å². The SMILES string of the molecule is CNCC1CC[C@H](N)[C@@H](O[C@H]2C(N)C[C@H](OC)C(N(C)C(=O)CN=C/C=C(\C)CC/C=C(\C)CCC=C(C)C)[C@@H]2O)O1. The van der Waals surface area contributed by atoms with Gasteiger partial charge in [-0.3, -0.25) is 9.79 Å². The van der Waals surface area contributed by atoms with Gasteiger partial charge in [0.2, 0.25) is 5.91 Å².